The molecule has 1 heterocycles. The minimum absolute atomic E-state index is 0.115. The van der Waals surface area contributed by atoms with E-state index in [1.54, 1.807) is 12.1 Å². The van der Waals surface area contributed by atoms with Crippen molar-refractivity contribution in [3.05, 3.63) is 64.0 Å². The lowest BCUT2D eigenvalue weighted by atomic mass is 10.2. The first-order chi connectivity index (χ1) is 8.19. The largest absolute Gasteiger partial charge is 0.350 e. The fourth-order valence-corrected chi connectivity index (χ4v) is 1.64. The zero-order valence-electron chi connectivity index (χ0n) is 9.24. The summed E-state index contributed by atoms with van der Waals surface area (Å²) in [6.07, 6.45) is 3.92. The van der Waals surface area contributed by atoms with Gasteiger partial charge in [-0.1, -0.05) is 12.1 Å². The molecule has 0 spiro atoms. The Morgan fingerprint density at radius 2 is 1.88 bits per heavy atom. The van der Waals surface area contributed by atoms with Crippen LogP contribution in [0.5, 0.6) is 0 Å². The zero-order valence-corrected chi connectivity index (χ0v) is 9.24. The van der Waals surface area contributed by atoms with Gasteiger partial charge in [-0.15, -0.1) is 0 Å². The Bertz CT molecular complexity index is 517. The van der Waals surface area contributed by atoms with Crippen molar-refractivity contribution in [2.75, 3.05) is 0 Å². The van der Waals surface area contributed by atoms with Crippen LogP contribution in [-0.4, -0.2) is 9.49 Å². The van der Waals surface area contributed by atoms with E-state index in [0.29, 0.717) is 13.1 Å². The predicted octanol–water partition coefficient (Wildman–Crippen LogP) is 1.90. The number of rotatable bonds is 4. The number of nitro benzene ring substituents is 1. The molecule has 88 valence electrons. The number of nitrogens with zero attached hydrogens (tertiary/aromatic N) is 2. The van der Waals surface area contributed by atoms with Crippen molar-refractivity contribution in [3.63, 3.8) is 0 Å². The molecule has 1 aromatic heterocycles. The molecule has 0 unspecified atom stereocenters. The van der Waals surface area contributed by atoms with Crippen molar-refractivity contribution < 1.29 is 4.92 Å². The monoisotopic (exact) mass is 231 g/mol. The Balaban J connectivity index is 2.10. The molecule has 0 aliphatic carbocycles. The zero-order chi connectivity index (χ0) is 12.3. The van der Waals surface area contributed by atoms with Gasteiger partial charge in [-0.25, -0.2) is 0 Å². The van der Waals surface area contributed by atoms with Gasteiger partial charge < -0.3 is 10.3 Å². The second-order valence-corrected chi connectivity index (χ2v) is 3.82. The first-order valence-corrected chi connectivity index (χ1v) is 5.27. The molecule has 2 N–H and O–H groups in total. The van der Waals surface area contributed by atoms with Gasteiger partial charge in [0.05, 0.1) is 4.92 Å². The Kier molecular flexibility index (Phi) is 3.20. The highest BCUT2D eigenvalue weighted by Gasteiger charge is 2.04. The summed E-state index contributed by atoms with van der Waals surface area (Å²) in [6, 6.07) is 8.53. The minimum Gasteiger partial charge on any atom is -0.350 e. The number of aromatic nitrogens is 1. The van der Waals surface area contributed by atoms with Crippen LogP contribution in [0.15, 0.2) is 42.7 Å². The predicted molar refractivity (Wildman–Crippen MR) is 64.5 cm³/mol. The third-order valence-corrected chi connectivity index (χ3v) is 2.56. The Morgan fingerprint density at radius 3 is 2.41 bits per heavy atom. The maximum atomic E-state index is 10.5. The molecule has 0 amide bonds. The van der Waals surface area contributed by atoms with E-state index < -0.39 is 4.92 Å². The topological polar surface area (TPSA) is 74.1 Å². The molecule has 0 radical (unpaired) electrons. The maximum Gasteiger partial charge on any atom is 0.269 e. The maximum absolute atomic E-state index is 10.5. The molecule has 2 aromatic rings. The summed E-state index contributed by atoms with van der Waals surface area (Å²) in [5.41, 5.74) is 7.73. The van der Waals surface area contributed by atoms with Crippen molar-refractivity contribution in [1.29, 1.82) is 0 Å². The highest BCUT2D eigenvalue weighted by molar-refractivity contribution is 5.33. The first kappa shape index (κ1) is 11.3. The highest BCUT2D eigenvalue weighted by atomic mass is 16.6. The molecule has 0 atom stereocenters. The summed E-state index contributed by atoms with van der Waals surface area (Å²) in [5.74, 6) is 0. The lowest BCUT2D eigenvalue weighted by Crippen LogP contribution is -1.98. The third-order valence-electron chi connectivity index (χ3n) is 2.56. The first-order valence-electron chi connectivity index (χ1n) is 5.27. The van der Waals surface area contributed by atoms with Gasteiger partial charge in [0.1, 0.15) is 0 Å². The van der Waals surface area contributed by atoms with Crippen molar-refractivity contribution >= 4 is 5.69 Å². The molecule has 2 rings (SSSR count). The second kappa shape index (κ2) is 4.80. The lowest BCUT2D eigenvalue weighted by Gasteiger charge is -2.02. The molecule has 0 aliphatic rings. The molecule has 0 saturated heterocycles. The minimum atomic E-state index is -0.397. The van der Waals surface area contributed by atoms with Gasteiger partial charge in [0.2, 0.25) is 0 Å². The second-order valence-electron chi connectivity index (χ2n) is 3.82. The summed E-state index contributed by atoms with van der Waals surface area (Å²) < 4.78 is 2.00. The number of hydrogen-bond donors (Lipinski definition) is 1. The van der Waals surface area contributed by atoms with Crippen molar-refractivity contribution in [1.82, 2.24) is 4.57 Å². The van der Waals surface area contributed by atoms with Crippen LogP contribution < -0.4 is 5.73 Å². The number of benzene rings is 1. The normalized spacial score (nSPS) is 10.4. The quantitative estimate of drug-likeness (QED) is 0.645. The fraction of sp³-hybridized carbons (Fsp3) is 0.167. The van der Waals surface area contributed by atoms with Crippen LogP contribution in [0.2, 0.25) is 0 Å². The van der Waals surface area contributed by atoms with Gasteiger partial charge in [-0.2, -0.15) is 0 Å². The van der Waals surface area contributed by atoms with Gasteiger partial charge in [-0.3, -0.25) is 10.1 Å². The molecular formula is C12H13N3O2. The van der Waals surface area contributed by atoms with E-state index in [1.807, 2.05) is 23.0 Å². The van der Waals surface area contributed by atoms with Gasteiger partial charge in [0.25, 0.3) is 5.69 Å². The molecule has 0 saturated carbocycles. The molecular weight excluding hydrogens is 218 g/mol. The molecule has 5 heteroatoms. The Hall–Kier alpha value is -2.14. The van der Waals surface area contributed by atoms with Crippen molar-refractivity contribution in [3.8, 4) is 0 Å². The van der Waals surface area contributed by atoms with Crippen LogP contribution >= 0.6 is 0 Å². The smallest absolute Gasteiger partial charge is 0.269 e. The molecule has 5 nitrogen and oxygen atoms in total. The van der Waals surface area contributed by atoms with E-state index in [4.69, 9.17) is 5.73 Å². The molecule has 0 fully saturated rings. The Labute approximate surface area is 98.6 Å². The van der Waals surface area contributed by atoms with E-state index in [9.17, 15) is 10.1 Å². The van der Waals surface area contributed by atoms with Gasteiger partial charge in [0, 0.05) is 37.6 Å². The summed E-state index contributed by atoms with van der Waals surface area (Å²) >= 11 is 0. The fourth-order valence-electron chi connectivity index (χ4n) is 1.64. The Morgan fingerprint density at radius 1 is 1.18 bits per heavy atom. The average molecular weight is 231 g/mol. The molecule has 0 aliphatic heterocycles. The standard InChI is InChI=1S/C12H13N3O2/c13-7-11-5-6-14(9-11)8-10-1-3-12(4-2-10)15(16)17/h1-6,9H,7-8,13H2. The van der Waals surface area contributed by atoms with Crippen LogP contribution in [0.4, 0.5) is 5.69 Å². The average Bonchev–Trinajstić information content (AvgIpc) is 2.77. The third kappa shape index (κ3) is 2.70. The highest BCUT2D eigenvalue weighted by Crippen LogP contribution is 2.13. The number of nitrogens with two attached hydrogens (primary N) is 1. The summed E-state index contributed by atoms with van der Waals surface area (Å²) in [6.45, 7) is 1.21. The van der Waals surface area contributed by atoms with Crippen LogP contribution in [0.1, 0.15) is 11.1 Å². The van der Waals surface area contributed by atoms with Gasteiger partial charge in [-0.05, 0) is 17.2 Å². The van der Waals surface area contributed by atoms with Gasteiger partial charge in [0.15, 0.2) is 0 Å². The van der Waals surface area contributed by atoms with Crippen molar-refractivity contribution in [2.45, 2.75) is 13.1 Å². The summed E-state index contributed by atoms with van der Waals surface area (Å²) in [4.78, 5) is 10.1. The molecule has 0 bridgehead atoms. The van der Waals surface area contributed by atoms with Crippen LogP contribution in [0, 0.1) is 10.1 Å². The molecule has 17 heavy (non-hydrogen) atoms. The van der Waals surface area contributed by atoms with E-state index >= 15 is 0 Å². The van der Waals surface area contributed by atoms with Crippen LogP contribution in [0.3, 0.4) is 0 Å². The summed E-state index contributed by atoms with van der Waals surface area (Å²) in [7, 11) is 0. The van der Waals surface area contributed by atoms with E-state index in [1.165, 1.54) is 12.1 Å². The van der Waals surface area contributed by atoms with Crippen molar-refractivity contribution in [2.24, 2.45) is 5.73 Å². The lowest BCUT2D eigenvalue weighted by molar-refractivity contribution is -0.384. The van der Waals surface area contributed by atoms with E-state index in [2.05, 4.69) is 0 Å². The number of hydrogen-bond acceptors (Lipinski definition) is 3. The van der Waals surface area contributed by atoms with E-state index in [0.717, 1.165) is 11.1 Å². The number of non-ortho nitro benzene ring substituents is 1. The van der Waals surface area contributed by atoms with E-state index in [-0.39, 0.29) is 5.69 Å². The van der Waals surface area contributed by atoms with Gasteiger partial charge >= 0.3 is 0 Å². The van der Waals surface area contributed by atoms with Crippen LogP contribution in [-0.2, 0) is 13.1 Å². The number of nitro groups is 1. The SMILES string of the molecule is NCc1ccn(Cc2ccc([N+](=O)[O-])cc2)c1. The van der Waals surface area contributed by atoms with Crippen LogP contribution in [0.25, 0.3) is 0 Å². The summed E-state index contributed by atoms with van der Waals surface area (Å²) in [5, 5.41) is 10.5. The molecule has 1 aromatic carbocycles.